The minimum absolute atomic E-state index is 0.107. The summed E-state index contributed by atoms with van der Waals surface area (Å²) in [6.07, 6.45) is 5.71. The number of aliphatic hydroxyl groups excluding tert-OH is 1. The fourth-order valence-corrected chi connectivity index (χ4v) is 11.1. The van der Waals surface area contributed by atoms with Crippen LogP contribution in [0.25, 0.3) is 0 Å². The van der Waals surface area contributed by atoms with Gasteiger partial charge in [-0.1, -0.05) is 90.9 Å². The molecule has 1 spiro atoms. The average Bonchev–Trinajstić information content (AvgIpc) is 3.59. The van der Waals surface area contributed by atoms with E-state index in [0.717, 1.165) is 35.3 Å². The number of carbonyl (C=O) groups excluding carboxylic acids is 3. The molecule has 0 aliphatic carbocycles. The summed E-state index contributed by atoms with van der Waals surface area (Å²) in [5.74, 6) is -1.40. The van der Waals surface area contributed by atoms with Crippen LogP contribution >= 0.6 is 0 Å². The normalized spacial score (nSPS) is 22.4. The summed E-state index contributed by atoms with van der Waals surface area (Å²) in [5, 5.41) is 16.1. The molecule has 0 aromatic heterocycles. The Bertz CT molecular complexity index is 2010. The number of benzene rings is 3. The molecule has 6 rings (SSSR count). The standard InChI is InChI=1S/C45H55FN4O5Si/c1-31(2)14-13-15-32(3)24-25-49-39-22-20-36(50-41(52)23-21-38(47-50)35-18-11-8-12-19-35)28-37(39)45(44(49)54)33(4)43(56(5,6)46)40(55-45)29-42(53)48(26-27-51)30-34-16-9-7-10-17-34/h7-12,14,16-20,22,24,28,33,40,43,51H,13,15,21,23,25-27,29-30H2,1-6H3/b32-24+/t33-,40+,43-,45+/m0/s1. The molecule has 4 atom stereocenters. The molecule has 3 aliphatic heterocycles. The highest BCUT2D eigenvalue weighted by Crippen LogP contribution is 2.60. The van der Waals surface area contributed by atoms with Crippen LogP contribution in [0, 0.1) is 5.92 Å². The van der Waals surface area contributed by atoms with Gasteiger partial charge in [-0.15, -0.1) is 0 Å². The summed E-state index contributed by atoms with van der Waals surface area (Å²) in [6.45, 7) is 11.7. The number of nitrogens with zero attached hydrogens (tertiary/aromatic N) is 4. The van der Waals surface area contributed by atoms with E-state index in [-0.39, 0.29) is 56.8 Å². The number of hydrogen-bond donors (Lipinski definition) is 1. The number of halogens is 1. The van der Waals surface area contributed by atoms with Gasteiger partial charge in [0.25, 0.3) is 5.91 Å². The fourth-order valence-electron chi connectivity index (χ4n) is 8.60. The van der Waals surface area contributed by atoms with Crippen LogP contribution in [0.15, 0.2) is 107 Å². The molecular weight excluding hydrogens is 724 g/mol. The molecule has 9 nitrogen and oxygen atoms in total. The highest BCUT2D eigenvalue weighted by molar-refractivity contribution is 6.72. The molecule has 3 aromatic rings. The minimum Gasteiger partial charge on any atom is -0.395 e. The van der Waals surface area contributed by atoms with Gasteiger partial charge in [0.15, 0.2) is 5.60 Å². The Hall–Kier alpha value is -4.71. The molecule has 296 valence electrons. The van der Waals surface area contributed by atoms with Crippen molar-refractivity contribution < 1.29 is 28.3 Å². The van der Waals surface area contributed by atoms with Crippen LogP contribution in [0.4, 0.5) is 15.5 Å². The zero-order valence-corrected chi connectivity index (χ0v) is 34.5. The molecule has 3 amide bonds. The SMILES string of the molecule is CC(C)=CCC/C(C)=C/CN1C(=O)[C@]2(O[C@H](CC(=O)N(CCO)Cc3ccccc3)[C@@H]([Si](C)(C)F)[C@@H]2C)c2cc(N3N=C(c4ccccc4)CCC3=O)ccc21. The Labute approximate surface area is 331 Å². The van der Waals surface area contributed by atoms with Gasteiger partial charge >= 0.3 is 0 Å². The van der Waals surface area contributed by atoms with Gasteiger partial charge in [-0.25, -0.2) is 5.01 Å². The van der Waals surface area contributed by atoms with Crippen molar-refractivity contribution in [3.63, 3.8) is 0 Å². The van der Waals surface area contributed by atoms with E-state index >= 15 is 8.90 Å². The summed E-state index contributed by atoms with van der Waals surface area (Å²) in [4.78, 5) is 45.9. The van der Waals surface area contributed by atoms with Gasteiger partial charge in [0, 0.05) is 49.5 Å². The van der Waals surface area contributed by atoms with Crippen LogP contribution in [-0.2, 0) is 31.3 Å². The van der Waals surface area contributed by atoms with E-state index in [1.165, 1.54) is 10.6 Å². The number of ether oxygens (including phenoxy) is 1. The number of allylic oxidation sites excluding steroid dienone is 3. The van der Waals surface area contributed by atoms with Crippen molar-refractivity contribution in [3.05, 3.63) is 119 Å². The molecule has 3 aliphatic rings. The second-order valence-corrected chi connectivity index (χ2v) is 19.9. The molecule has 0 bridgehead atoms. The Morgan fingerprint density at radius 2 is 1.71 bits per heavy atom. The summed E-state index contributed by atoms with van der Waals surface area (Å²) in [5.41, 5.74) is 4.36. The second kappa shape index (κ2) is 17.2. The number of carbonyl (C=O) groups is 3. The molecule has 56 heavy (non-hydrogen) atoms. The predicted octanol–water partition coefficient (Wildman–Crippen LogP) is 8.44. The summed E-state index contributed by atoms with van der Waals surface area (Å²) in [6, 6.07) is 24.7. The first-order chi connectivity index (χ1) is 26.7. The zero-order valence-electron chi connectivity index (χ0n) is 33.5. The first-order valence-corrected chi connectivity index (χ1v) is 22.7. The van der Waals surface area contributed by atoms with E-state index in [1.807, 2.05) is 79.7 Å². The van der Waals surface area contributed by atoms with E-state index in [1.54, 1.807) is 29.0 Å². The maximum absolute atomic E-state index is 16.7. The largest absolute Gasteiger partial charge is 0.395 e. The van der Waals surface area contributed by atoms with Crippen molar-refractivity contribution >= 4 is 43.2 Å². The lowest BCUT2D eigenvalue weighted by Gasteiger charge is -2.31. The Kier molecular flexibility index (Phi) is 12.6. The monoisotopic (exact) mass is 778 g/mol. The van der Waals surface area contributed by atoms with E-state index < -0.39 is 31.6 Å². The van der Waals surface area contributed by atoms with Crippen molar-refractivity contribution in [2.75, 3.05) is 29.6 Å². The van der Waals surface area contributed by atoms with Crippen molar-refractivity contribution in [3.8, 4) is 0 Å². The average molecular weight is 779 g/mol. The van der Waals surface area contributed by atoms with Gasteiger partial charge in [0.2, 0.25) is 20.2 Å². The molecule has 0 saturated carbocycles. The lowest BCUT2D eigenvalue weighted by Crippen LogP contribution is -2.45. The minimum atomic E-state index is -3.59. The van der Waals surface area contributed by atoms with Gasteiger partial charge in [0.05, 0.1) is 36.2 Å². The molecule has 0 radical (unpaired) electrons. The van der Waals surface area contributed by atoms with E-state index in [0.29, 0.717) is 23.4 Å². The van der Waals surface area contributed by atoms with Crippen molar-refractivity contribution in [1.29, 1.82) is 0 Å². The van der Waals surface area contributed by atoms with E-state index in [4.69, 9.17) is 9.84 Å². The van der Waals surface area contributed by atoms with Gasteiger partial charge < -0.3 is 23.8 Å². The molecule has 1 saturated heterocycles. The van der Waals surface area contributed by atoms with Crippen molar-refractivity contribution in [1.82, 2.24) is 4.90 Å². The lowest BCUT2D eigenvalue weighted by molar-refractivity contribution is -0.149. The fraction of sp³-hybridized carbons (Fsp3) is 0.422. The number of rotatable bonds is 14. The maximum Gasteiger partial charge on any atom is 0.264 e. The maximum atomic E-state index is 16.7. The summed E-state index contributed by atoms with van der Waals surface area (Å²) < 4.78 is 23.7. The zero-order chi connectivity index (χ0) is 40.2. The quantitative estimate of drug-likeness (QED) is 0.101. The topological polar surface area (TPSA) is 103 Å². The van der Waals surface area contributed by atoms with Crippen LogP contribution in [0.5, 0.6) is 0 Å². The third-order valence-corrected chi connectivity index (χ3v) is 13.8. The smallest absolute Gasteiger partial charge is 0.264 e. The van der Waals surface area contributed by atoms with Crippen LogP contribution in [0.2, 0.25) is 18.6 Å². The molecule has 0 unspecified atom stereocenters. The van der Waals surface area contributed by atoms with Gasteiger partial charge in [-0.05, 0) is 76.0 Å². The third-order valence-electron chi connectivity index (χ3n) is 11.4. The highest BCUT2D eigenvalue weighted by Gasteiger charge is 2.67. The summed E-state index contributed by atoms with van der Waals surface area (Å²) in [7, 11) is -3.59. The van der Waals surface area contributed by atoms with Crippen LogP contribution < -0.4 is 9.91 Å². The number of anilines is 2. The van der Waals surface area contributed by atoms with Gasteiger partial charge in [0.1, 0.15) is 0 Å². The molecular formula is C45H55FN4O5Si. The van der Waals surface area contributed by atoms with Crippen LogP contribution in [0.3, 0.4) is 0 Å². The molecule has 11 heteroatoms. The number of hydrazone groups is 1. The highest BCUT2D eigenvalue weighted by atomic mass is 28.4. The first-order valence-electron chi connectivity index (χ1n) is 19.7. The lowest BCUT2D eigenvalue weighted by atomic mass is 9.82. The predicted molar refractivity (Wildman–Crippen MR) is 223 cm³/mol. The Morgan fingerprint density at radius 3 is 2.38 bits per heavy atom. The van der Waals surface area contributed by atoms with Crippen molar-refractivity contribution in [2.24, 2.45) is 11.0 Å². The number of amides is 3. The van der Waals surface area contributed by atoms with E-state index in [9.17, 15) is 14.7 Å². The first kappa shape index (κ1) is 40.9. The van der Waals surface area contributed by atoms with Crippen molar-refractivity contribution in [2.45, 2.75) is 96.7 Å². The molecule has 3 aromatic carbocycles. The van der Waals surface area contributed by atoms with Gasteiger partial charge in [-0.2, -0.15) is 5.10 Å². The van der Waals surface area contributed by atoms with Gasteiger partial charge in [-0.3, -0.25) is 14.4 Å². The molecule has 1 fully saturated rings. The van der Waals surface area contributed by atoms with Crippen LogP contribution in [-0.4, -0.2) is 67.6 Å². The Balaban J connectivity index is 1.41. The molecule has 3 heterocycles. The summed E-state index contributed by atoms with van der Waals surface area (Å²) >= 11 is 0. The Morgan fingerprint density at radius 1 is 1.02 bits per heavy atom. The number of aliphatic hydroxyl groups is 1. The van der Waals surface area contributed by atoms with E-state index in [2.05, 4.69) is 32.9 Å². The molecule has 1 N–H and O–H groups in total. The second-order valence-electron chi connectivity index (χ2n) is 16.1. The van der Waals surface area contributed by atoms with Crippen LogP contribution in [0.1, 0.15) is 76.5 Å². The third kappa shape index (κ3) is 8.50. The number of hydrogen-bond acceptors (Lipinski definition) is 6. The number of fused-ring (bicyclic) bond motifs is 2.